The van der Waals surface area contributed by atoms with Crippen molar-refractivity contribution in [2.75, 3.05) is 6.61 Å². The smallest absolute Gasteiger partial charge is 0.191 e. The molecular weight excluding hydrogens is 589 g/mol. The van der Waals surface area contributed by atoms with Crippen LogP contribution in [-0.4, -0.2) is 57.8 Å². The summed E-state index contributed by atoms with van der Waals surface area (Å²) in [4.78, 5) is 10.8. The third kappa shape index (κ3) is 9.75. The summed E-state index contributed by atoms with van der Waals surface area (Å²) in [7, 11) is -1.79. The molecule has 4 rings (SSSR count). The summed E-state index contributed by atoms with van der Waals surface area (Å²) in [5.74, 6) is 1.72. The summed E-state index contributed by atoms with van der Waals surface area (Å²) in [6.45, 7) is 28.3. The highest BCUT2D eigenvalue weighted by molar-refractivity contribution is 6.74. The van der Waals surface area contributed by atoms with E-state index < -0.39 is 8.32 Å². The summed E-state index contributed by atoms with van der Waals surface area (Å²) < 4.78 is 26.8. The lowest BCUT2D eigenvalue weighted by molar-refractivity contribution is -0.108. The molecule has 3 unspecified atom stereocenters. The molecule has 258 valence electrons. The van der Waals surface area contributed by atoms with Crippen molar-refractivity contribution in [3.8, 4) is 0 Å². The number of aldehydes is 1. The van der Waals surface area contributed by atoms with Crippen LogP contribution >= 0.6 is 0 Å². The number of hydrogen-bond acceptors (Lipinski definition) is 5. The van der Waals surface area contributed by atoms with Crippen molar-refractivity contribution >= 4 is 14.6 Å². The van der Waals surface area contributed by atoms with E-state index in [0.717, 1.165) is 69.8 Å². The lowest BCUT2D eigenvalue weighted by atomic mass is 9.78. The van der Waals surface area contributed by atoms with Gasteiger partial charge in [-0.25, -0.2) is 0 Å². The highest BCUT2D eigenvalue weighted by Gasteiger charge is 2.45. The Morgan fingerprint density at radius 3 is 2.35 bits per heavy atom. The van der Waals surface area contributed by atoms with Gasteiger partial charge in [0, 0.05) is 19.4 Å². The van der Waals surface area contributed by atoms with Crippen molar-refractivity contribution in [3.63, 3.8) is 0 Å². The zero-order valence-corrected chi connectivity index (χ0v) is 31.3. The van der Waals surface area contributed by atoms with E-state index >= 15 is 0 Å². The van der Waals surface area contributed by atoms with Crippen LogP contribution in [0.15, 0.2) is 54.6 Å². The van der Waals surface area contributed by atoms with Gasteiger partial charge in [-0.2, -0.15) is 0 Å². The van der Waals surface area contributed by atoms with E-state index in [0.29, 0.717) is 30.1 Å². The van der Waals surface area contributed by atoms with E-state index in [1.54, 1.807) is 0 Å². The molecule has 3 fully saturated rings. The molecule has 1 aromatic rings. The maximum Gasteiger partial charge on any atom is 0.191 e. The fourth-order valence-electron chi connectivity index (χ4n) is 7.48. The highest BCUT2D eigenvalue weighted by atomic mass is 28.4. The summed E-state index contributed by atoms with van der Waals surface area (Å²) in [5.41, 5.74) is 3.74. The molecule has 0 spiro atoms. The van der Waals surface area contributed by atoms with Crippen molar-refractivity contribution < 1.29 is 23.4 Å². The topological polar surface area (TPSA) is 54.0 Å². The molecule has 0 N–H and O–H groups in total. The Balaban J connectivity index is 1.40. The van der Waals surface area contributed by atoms with E-state index in [2.05, 4.69) is 98.1 Å². The maximum atomic E-state index is 10.8. The summed E-state index contributed by atoms with van der Waals surface area (Å²) in [6.07, 6.45) is 9.61. The maximum absolute atomic E-state index is 10.8. The summed E-state index contributed by atoms with van der Waals surface area (Å²) in [6, 6.07) is 10.9. The minimum absolute atomic E-state index is 0.00430. The molecule has 0 radical (unpaired) electrons. The molecule has 3 aliphatic heterocycles. The van der Waals surface area contributed by atoms with Gasteiger partial charge in [0.25, 0.3) is 0 Å². The predicted octanol–water partition coefficient (Wildman–Crippen LogP) is 9.51. The third-order valence-corrected chi connectivity index (χ3v) is 16.2. The normalized spacial score (nSPS) is 33.0. The molecule has 0 amide bonds. The van der Waals surface area contributed by atoms with Gasteiger partial charge in [0.05, 0.1) is 36.6 Å². The second-order valence-electron chi connectivity index (χ2n) is 16.5. The Kier molecular flexibility index (Phi) is 13.1. The van der Waals surface area contributed by atoms with Gasteiger partial charge in [-0.3, -0.25) is 0 Å². The number of ether oxygens (including phenoxy) is 3. The van der Waals surface area contributed by atoms with E-state index in [-0.39, 0.29) is 41.7 Å². The molecule has 3 saturated heterocycles. The quantitative estimate of drug-likeness (QED) is 0.107. The molecule has 1 aromatic carbocycles. The molecule has 3 heterocycles. The minimum atomic E-state index is -1.79. The molecule has 5 nitrogen and oxygen atoms in total. The molecule has 10 atom stereocenters. The molecule has 46 heavy (non-hydrogen) atoms. The lowest BCUT2D eigenvalue weighted by Gasteiger charge is -2.38. The van der Waals surface area contributed by atoms with Crippen molar-refractivity contribution in [2.24, 2.45) is 23.7 Å². The Morgan fingerprint density at radius 1 is 0.978 bits per heavy atom. The summed E-state index contributed by atoms with van der Waals surface area (Å²) >= 11 is 0. The van der Waals surface area contributed by atoms with Gasteiger partial charge in [0.2, 0.25) is 0 Å². The van der Waals surface area contributed by atoms with Gasteiger partial charge in [-0.15, -0.1) is 0 Å². The van der Waals surface area contributed by atoms with Crippen LogP contribution in [0.1, 0.15) is 98.5 Å². The molecule has 3 aliphatic rings. The van der Waals surface area contributed by atoms with Gasteiger partial charge < -0.3 is 23.4 Å². The van der Waals surface area contributed by atoms with E-state index in [4.69, 9.17) is 18.6 Å². The zero-order chi connectivity index (χ0) is 33.6. The zero-order valence-electron chi connectivity index (χ0n) is 30.3. The first-order valence-corrected chi connectivity index (χ1v) is 21.0. The molecule has 0 bridgehead atoms. The standard InChI is InChI=1S/C40H64O5Si/c1-27(26-42-46(9,10)40(6,7)8)21-37-31(5)35(24-32-15-12-11-13-16-32)39(45-37)25-38-30(4)28(2)22-34(44-38)18-19-36-29(3)23-33(43-36)17-14-20-41/h11-13,15-16,20,27-28,31,33-39H,3-4,14,17-19,21-26H2,1-2,5-10H3/t27-,28+,31+,33-,34-,35?,36?,37+,38?,39-/m0/s1. The first kappa shape index (κ1) is 37.2. The average molecular weight is 653 g/mol. The van der Waals surface area contributed by atoms with Crippen molar-refractivity contribution in [3.05, 3.63) is 60.2 Å². The second kappa shape index (κ2) is 16.2. The monoisotopic (exact) mass is 652 g/mol. The Labute approximate surface area is 282 Å². The Morgan fingerprint density at radius 2 is 1.67 bits per heavy atom. The van der Waals surface area contributed by atoms with Crippen molar-refractivity contribution in [2.45, 2.75) is 154 Å². The van der Waals surface area contributed by atoms with E-state index in [1.165, 1.54) is 11.1 Å². The summed E-state index contributed by atoms with van der Waals surface area (Å²) in [5, 5.41) is 0.213. The molecule has 6 heteroatoms. The fourth-order valence-corrected chi connectivity index (χ4v) is 8.61. The lowest BCUT2D eigenvalue weighted by Crippen LogP contribution is -2.42. The first-order valence-electron chi connectivity index (χ1n) is 18.1. The molecular formula is C40H64O5Si. The fraction of sp³-hybridized carbons (Fsp3) is 0.725. The van der Waals surface area contributed by atoms with Gasteiger partial charge in [0.1, 0.15) is 6.29 Å². The minimum Gasteiger partial charge on any atom is -0.417 e. The number of hydrogen-bond donors (Lipinski definition) is 0. The molecule has 0 aliphatic carbocycles. The van der Waals surface area contributed by atoms with Crippen LogP contribution in [0.5, 0.6) is 0 Å². The van der Waals surface area contributed by atoms with Crippen LogP contribution in [0.25, 0.3) is 0 Å². The Bertz CT molecular complexity index is 1140. The van der Waals surface area contributed by atoms with E-state index in [9.17, 15) is 4.79 Å². The van der Waals surface area contributed by atoms with Gasteiger partial charge >= 0.3 is 0 Å². The number of benzene rings is 1. The molecule has 0 aromatic heterocycles. The number of carbonyl (C=O) groups is 1. The van der Waals surface area contributed by atoms with Crippen LogP contribution in [0, 0.1) is 23.7 Å². The largest absolute Gasteiger partial charge is 0.417 e. The Hall–Kier alpha value is -1.57. The van der Waals surface area contributed by atoms with Crippen molar-refractivity contribution in [1.29, 1.82) is 0 Å². The number of rotatable bonds is 15. The van der Waals surface area contributed by atoms with Crippen LogP contribution in [0.3, 0.4) is 0 Å². The van der Waals surface area contributed by atoms with Gasteiger partial charge in [0.15, 0.2) is 8.32 Å². The van der Waals surface area contributed by atoms with Gasteiger partial charge in [-0.1, -0.05) is 85.0 Å². The second-order valence-corrected chi connectivity index (χ2v) is 21.3. The van der Waals surface area contributed by atoms with Crippen LogP contribution in [0.4, 0.5) is 0 Å². The first-order chi connectivity index (χ1) is 21.7. The van der Waals surface area contributed by atoms with Crippen LogP contribution in [0.2, 0.25) is 18.1 Å². The van der Waals surface area contributed by atoms with E-state index in [1.807, 2.05) is 0 Å². The van der Waals surface area contributed by atoms with Crippen LogP contribution in [-0.2, 0) is 29.9 Å². The average Bonchev–Trinajstić information content (AvgIpc) is 3.49. The molecule has 0 saturated carbocycles. The SMILES string of the molecule is C=C1C[C@H](CCC=O)OC1CC[C@H]1C[C@@H](C)C(=C)C(C[C@@H]2O[C@H](C[C@H](C)CO[Si](C)(C)C(C)(C)C)[C@H](C)C2Cc2ccccc2)O1. The van der Waals surface area contributed by atoms with Gasteiger partial charge in [-0.05, 0) is 103 Å². The highest BCUT2D eigenvalue weighted by Crippen LogP contribution is 2.43. The van der Waals surface area contributed by atoms with Crippen molar-refractivity contribution in [1.82, 2.24) is 0 Å². The number of carbonyl (C=O) groups excluding carboxylic acids is 1. The van der Waals surface area contributed by atoms with Crippen LogP contribution < -0.4 is 0 Å². The third-order valence-electron chi connectivity index (χ3n) is 11.7. The predicted molar refractivity (Wildman–Crippen MR) is 192 cm³/mol.